The minimum absolute atomic E-state index is 0.128. The Labute approximate surface area is 123 Å². The second kappa shape index (κ2) is 4.87. The van der Waals surface area contributed by atoms with Crippen molar-refractivity contribution in [3.05, 3.63) is 23.8 Å². The first-order chi connectivity index (χ1) is 10.3. The lowest BCUT2D eigenvalue weighted by atomic mass is 9.68. The summed E-state index contributed by atoms with van der Waals surface area (Å²) < 4.78 is 22.4. The number of hydrogen-bond acceptors (Lipinski definition) is 5. The molecule has 1 N–H and O–H groups in total. The SMILES string of the molecule is OCC1(c2ccc3c(c2)OCO3)CCC2(CC1)OCCO2. The molecule has 5 heteroatoms. The van der Waals surface area contributed by atoms with Crippen molar-refractivity contribution < 1.29 is 24.1 Å². The maximum Gasteiger partial charge on any atom is 0.231 e. The van der Waals surface area contributed by atoms with Crippen molar-refractivity contribution in [3.63, 3.8) is 0 Å². The highest BCUT2D eigenvalue weighted by Gasteiger charge is 2.47. The third-order valence-corrected chi connectivity index (χ3v) is 5.07. The van der Waals surface area contributed by atoms with Crippen molar-refractivity contribution in [1.29, 1.82) is 0 Å². The average molecular weight is 292 g/mol. The molecule has 5 nitrogen and oxygen atoms in total. The fraction of sp³-hybridized carbons (Fsp3) is 0.625. The first-order valence-electron chi connectivity index (χ1n) is 7.54. The van der Waals surface area contributed by atoms with Crippen LogP contribution in [0.5, 0.6) is 11.5 Å². The highest BCUT2D eigenvalue weighted by Crippen LogP contribution is 2.47. The zero-order valence-electron chi connectivity index (χ0n) is 12.0. The van der Waals surface area contributed by atoms with E-state index in [9.17, 15) is 5.11 Å². The highest BCUT2D eigenvalue weighted by atomic mass is 16.7. The van der Waals surface area contributed by atoms with E-state index in [0.717, 1.165) is 42.7 Å². The average Bonchev–Trinajstić information content (AvgIpc) is 3.17. The summed E-state index contributed by atoms with van der Waals surface area (Å²) in [7, 11) is 0. The molecule has 3 aliphatic rings. The van der Waals surface area contributed by atoms with Gasteiger partial charge in [-0.3, -0.25) is 0 Å². The van der Waals surface area contributed by atoms with Crippen molar-refractivity contribution >= 4 is 0 Å². The predicted octanol–water partition coefficient (Wildman–Crippen LogP) is 1.96. The van der Waals surface area contributed by atoms with Gasteiger partial charge in [0.1, 0.15) is 0 Å². The van der Waals surface area contributed by atoms with Crippen LogP contribution in [0.4, 0.5) is 0 Å². The Balaban J connectivity index is 1.59. The van der Waals surface area contributed by atoms with Gasteiger partial charge in [0.25, 0.3) is 0 Å². The Hall–Kier alpha value is -1.30. The predicted molar refractivity (Wildman–Crippen MR) is 74.4 cm³/mol. The van der Waals surface area contributed by atoms with E-state index in [2.05, 4.69) is 0 Å². The van der Waals surface area contributed by atoms with Crippen molar-refractivity contribution in [2.75, 3.05) is 26.6 Å². The molecule has 0 atom stereocenters. The van der Waals surface area contributed by atoms with Gasteiger partial charge in [-0.05, 0) is 30.5 Å². The molecule has 0 radical (unpaired) electrons. The summed E-state index contributed by atoms with van der Waals surface area (Å²) in [6, 6.07) is 5.98. The molecule has 2 aliphatic heterocycles. The molecule has 1 saturated carbocycles. The second-order valence-electron chi connectivity index (χ2n) is 6.11. The molecule has 4 rings (SSSR count). The number of fused-ring (bicyclic) bond motifs is 1. The van der Waals surface area contributed by atoms with E-state index in [1.54, 1.807) is 0 Å². The van der Waals surface area contributed by atoms with E-state index in [0.29, 0.717) is 13.2 Å². The van der Waals surface area contributed by atoms with Crippen LogP contribution < -0.4 is 9.47 Å². The first-order valence-corrected chi connectivity index (χ1v) is 7.54. The van der Waals surface area contributed by atoms with Gasteiger partial charge in [0.2, 0.25) is 6.79 Å². The van der Waals surface area contributed by atoms with Gasteiger partial charge in [-0.1, -0.05) is 6.07 Å². The van der Waals surface area contributed by atoms with Gasteiger partial charge >= 0.3 is 0 Å². The molecule has 1 spiro atoms. The van der Waals surface area contributed by atoms with Crippen molar-refractivity contribution in [2.24, 2.45) is 0 Å². The number of aliphatic hydroxyl groups is 1. The minimum Gasteiger partial charge on any atom is -0.454 e. The summed E-state index contributed by atoms with van der Waals surface area (Å²) >= 11 is 0. The van der Waals surface area contributed by atoms with Crippen LogP contribution in [0.2, 0.25) is 0 Å². The number of hydrogen-bond donors (Lipinski definition) is 1. The summed E-state index contributed by atoms with van der Waals surface area (Å²) in [5.74, 6) is 1.14. The molecule has 0 aromatic heterocycles. The highest BCUT2D eigenvalue weighted by molar-refractivity contribution is 5.46. The van der Waals surface area contributed by atoms with Crippen LogP contribution in [0.15, 0.2) is 18.2 Å². The first kappa shape index (κ1) is 13.4. The van der Waals surface area contributed by atoms with Gasteiger partial charge in [0.05, 0.1) is 19.8 Å². The third-order valence-electron chi connectivity index (χ3n) is 5.07. The van der Waals surface area contributed by atoms with E-state index in [-0.39, 0.29) is 18.8 Å². The number of rotatable bonds is 2. The van der Waals surface area contributed by atoms with Crippen molar-refractivity contribution in [2.45, 2.75) is 36.9 Å². The van der Waals surface area contributed by atoms with E-state index in [1.807, 2.05) is 18.2 Å². The molecule has 0 amide bonds. The number of ether oxygens (including phenoxy) is 4. The van der Waals surface area contributed by atoms with Gasteiger partial charge in [-0.15, -0.1) is 0 Å². The zero-order chi connectivity index (χ0) is 14.3. The van der Waals surface area contributed by atoms with Crippen molar-refractivity contribution in [1.82, 2.24) is 0 Å². The van der Waals surface area contributed by atoms with Crippen LogP contribution in [-0.2, 0) is 14.9 Å². The largest absolute Gasteiger partial charge is 0.454 e. The van der Waals surface area contributed by atoms with E-state index in [1.165, 1.54) is 0 Å². The summed E-state index contributed by atoms with van der Waals surface area (Å²) in [6.45, 7) is 1.75. The zero-order valence-corrected chi connectivity index (χ0v) is 12.0. The molecule has 1 saturated heterocycles. The van der Waals surface area contributed by atoms with Crippen LogP contribution in [0.1, 0.15) is 31.2 Å². The van der Waals surface area contributed by atoms with E-state index < -0.39 is 5.79 Å². The van der Waals surface area contributed by atoms with E-state index in [4.69, 9.17) is 18.9 Å². The Morgan fingerprint density at radius 1 is 0.952 bits per heavy atom. The molecule has 0 unspecified atom stereocenters. The fourth-order valence-corrected chi connectivity index (χ4v) is 3.66. The minimum atomic E-state index is -0.408. The van der Waals surface area contributed by atoms with Gasteiger partial charge < -0.3 is 24.1 Å². The quantitative estimate of drug-likeness (QED) is 0.903. The van der Waals surface area contributed by atoms with Crippen LogP contribution in [-0.4, -0.2) is 37.5 Å². The summed E-state index contributed by atoms with van der Waals surface area (Å²) in [5, 5.41) is 10.0. The Kier molecular flexibility index (Phi) is 3.10. The lowest BCUT2D eigenvalue weighted by Crippen LogP contribution is -2.44. The lowest BCUT2D eigenvalue weighted by Gasteiger charge is -2.43. The van der Waals surface area contributed by atoms with Crippen LogP contribution in [0, 0.1) is 0 Å². The number of aliphatic hydroxyl groups excluding tert-OH is 1. The molecule has 1 aromatic rings. The molecule has 2 heterocycles. The number of benzene rings is 1. The normalized spacial score (nSPS) is 25.4. The van der Waals surface area contributed by atoms with Gasteiger partial charge in [0, 0.05) is 18.3 Å². The van der Waals surface area contributed by atoms with Gasteiger partial charge in [0.15, 0.2) is 17.3 Å². The monoisotopic (exact) mass is 292 g/mol. The Morgan fingerprint density at radius 3 is 2.38 bits per heavy atom. The Morgan fingerprint density at radius 2 is 1.67 bits per heavy atom. The second-order valence-corrected chi connectivity index (χ2v) is 6.11. The molecule has 1 aromatic carbocycles. The molecular formula is C16H20O5. The standard InChI is InChI=1S/C16H20O5/c17-10-15(3-5-16(6-4-15)20-7-8-21-16)12-1-2-13-14(9-12)19-11-18-13/h1-2,9,17H,3-8,10-11H2. The molecule has 0 bridgehead atoms. The molecule has 2 fully saturated rings. The molecule has 114 valence electrons. The van der Waals surface area contributed by atoms with Gasteiger partial charge in [-0.2, -0.15) is 0 Å². The van der Waals surface area contributed by atoms with Crippen LogP contribution >= 0.6 is 0 Å². The van der Waals surface area contributed by atoms with Crippen LogP contribution in [0.25, 0.3) is 0 Å². The lowest BCUT2D eigenvalue weighted by molar-refractivity contribution is -0.187. The molecule has 1 aliphatic carbocycles. The van der Waals surface area contributed by atoms with Crippen molar-refractivity contribution in [3.8, 4) is 11.5 Å². The molecular weight excluding hydrogens is 272 g/mol. The fourth-order valence-electron chi connectivity index (χ4n) is 3.66. The maximum atomic E-state index is 10.0. The summed E-state index contributed by atoms with van der Waals surface area (Å²) in [6.07, 6.45) is 3.34. The third kappa shape index (κ3) is 2.11. The topological polar surface area (TPSA) is 57.2 Å². The van der Waals surface area contributed by atoms with Crippen LogP contribution in [0.3, 0.4) is 0 Å². The van der Waals surface area contributed by atoms with E-state index >= 15 is 0 Å². The summed E-state index contributed by atoms with van der Waals surface area (Å²) in [5.41, 5.74) is 0.878. The smallest absolute Gasteiger partial charge is 0.231 e. The van der Waals surface area contributed by atoms with Gasteiger partial charge in [-0.25, -0.2) is 0 Å². The summed E-state index contributed by atoms with van der Waals surface area (Å²) in [4.78, 5) is 0. The Bertz CT molecular complexity index is 525. The molecule has 21 heavy (non-hydrogen) atoms. The maximum absolute atomic E-state index is 10.0.